The number of hydrogen-bond acceptors (Lipinski definition) is 1. The van der Waals surface area contributed by atoms with Crippen LogP contribution in [0.1, 0.15) is 64.4 Å². The van der Waals surface area contributed by atoms with Gasteiger partial charge in [0, 0.05) is 19.0 Å². The Labute approximate surface area is 135 Å². The van der Waals surface area contributed by atoms with Crippen LogP contribution in [0.3, 0.4) is 0 Å². The molecule has 0 atom stereocenters. The molecule has 1 aliphatic rings. The molecule has 2 heteroatoms. The summed E-state index contributed by atoms with van der Waals surface area (Å²) in [6.07, 6.45) is 10.0. The van der Waals surface area contributed by atoms with E-state index in [0.717, 1.165) is 13.0 Å². The van der Waals surface area contributed by atoms with E-state index in [1.54, 1.807) is 0 Å². The first-order valence-electron chi connectivity index (χ1n) is 8.72. The van der Waals surface area contributed by atoms with E-state index in [2.05, 4.69) is 49.1 Å². The summed E-state index contributed by atoms with van der Waals surface area (Å²) in [4.78, 5) is 14.7. The number of amides is 1. The van der Waals surface area contributed by atoms with Crippen molar-refractivity contribution in [1.82, 2.24) is 4.90 Å². The lowest BCUT2D eigenvalue weighted by Gasteiger charge is -2.35. The van der Waals surface area contributed by atoms with Crippen LogP contribution in [-0.4, -0.2) is 23.4 Å². The highest BCUT2D eigenvalue weighted by Crippen LogP contribution is 2.24. The van der Waals surface area contributed by atoms with Crippen LogP contribution in [-0.2, 0) is 4.79 Å². The monoisotopic (exact) mass is 299 g/mol. The second kappa shape index (κ2) is 8.77. The van der Waals surface area contributed by atoms with Crippen molar-refractivity contribution in [3.63, 3.8) is 0 Å². The smallest absolute Gasteiger partial charge is 0.223 e. The molecule has 0 aliphatic heterocycles. The summed E-state index contributed by atoms with van der Waals surface area (Å²) < 4.78 is 0. The minimum Gasteiger partial charge on any atom is -0.336 e. The normalized spacial score (nSPS) is 16.5. The maximum absolute atomic E-state index is 12.5. The first-order valence-corrected chi connectivity index (χ1v) is 8.72. The molecule has 0 bridgehead atoms. The van der Waals surface area contributed by atoms with Gasteiger partial charge in [0.25, 0.3) is 0 Å². The van der Waals surface area contributed by atoms with E-state index in [9.17, 15) is 4.79 Å². The van der Waals surface area contributed by atoms with Crippen molar-refractivity contribution >= 4 is 12.0 Å². The second-order valence-electron chi connectivity index (χ2n) is 6.46. The van der Waals surface area contributed by atoms with E-state index in [-0.39, 0.29) is 0 Å². The van der Waals surface area contributed by atoms with E-state index in [1.165, 1.54) is 43.2 Å². The van der Waals surface area contributed by atoms with Gasteiger partial charge >= 0.3 is 0 Å². The van der Waals surface area contributed by atoms with Crippen molar-refractivity contribution in [3.8, 4) is 0 Å². The number of hydrogen-bond donors (Lipinski definition) is 0. The Morgan fingerprint density at radius 1 is 1.18 bits per heavy atom. The third-order valence-corrected chi connectivity index (χ3v) is 4.43. The molecular weight excluding hydrogens is 270 g/mol. The molecule has 1 fully saturated rings. The van der Waals surface area contributed by atoms with Gasteiger partial charge in [-0.2, -0.15) is 0 Å². The van der Waals surface area contributed by atoms with Crippen LogP contribution in [0.25, 0.3) is 6.08 Å². The summed E-state index contributed by atoms with van der Waals surface area (Å²) in [5.41, 5.74) is 2.48. The summed E-state index contributed by atoms with van der Waals surface area (Å²) in [6.45, 7) is 5.00. The van der Waals surface area contributed by atoms with Crippen LogP contribution in [0.4, 0.5) is 0 Å². The fourth-order valence-electron chi connectivity index (χ4n) is 3.32. The second-order valence-corrected chi connectivity index (χ2v) is 6.46. The quantitative estimate of drug-likeness (QED) is 0.719. The van der Waals surface area contributed by atoms with Gasteiger partial charge in [0.15, 0.2) is 0 Å². The Bertz CT molecular complexity index is 486. The Kier molecular flexibility index (Phi) is 6.70. The average molecular weight is 299 g/mol. The number of benzene rings is 1. The average Bonchev–Trinajstić information content (AvgIpc) is 2.54. The van der Waals surface area contributed by atoms with Crippen molar-refractivity contribution in [2.45, 2.75) is 64.8 Å². The molecule has 0 unspecified atom stereocenters. The van der Waals surface area contributed by atoms with Crippen LogP contribution < -0.4 is 0 Å². The van der Waals surface area contributed by atoms with Crippen LogP contribution in [0, 0.1) is 0 Å². The molecule has 0 radical (unpaired) electrons. The van der Waals surface area contributed by atoms with Gasteiger partial charge in [-0.15, -0.1) is 0 Å². The lowest BCUT2D eigenvalue weighted by molar-refractivity contribution is -0.133. The first-order chi connectivity index (χ1) is 10.7. The van der Waals surface area contributed by atoms with Gasteiger partial charge in [-0.05, 0) is 31.7 Å². The molecule has 1 saturated carbocycles. The zero-order valence-electron chi connectivity index (χ0n) is 14.1. The van der Waals surface area contributed by atoms with Gasteiger partial charge in [-0.3, -0.25) is 4.79 Å². The van der Waals surface area contributed by atoms with Crippen LogP contribution in [0.2, 0.25) is 0 Å². The predicted octanol–water partition coefficient (Wildman–Crippen LogP) is 5.05. The summed E-state index contributed by atoms with van der Waals surface area (Å²) in [5, 5.41) is 0. The summed E-state index contributed by atoms with van der Waals surface area (Å²) in [5.74, 6) is 0.329. The number of carbonyl (C=O) groups excluding carboxylic acids is 1. The van der Waals surface area contributed by atoms with Crippen molar-refractivity contribution in [1.29, 1.82) is 0 Å². The van der Waals surface area contributed by atoms with E-state index in [0.29, 0.717) is 18.4 Å². The van der Waals surface area contributed by atoms with Gasteiger partial charge in [-0.25, -0.2) is 0 Å². The third kappa shape index (κ3) is 5.01. The number of nitrogens with zero attached hydrogens (tertiary/aromatic N) is 1. The summed E-state index contributed by atoms with van der Waals surface area (Å²) in [6, 6.07) is 10.8. The maximum Gasteiger partial charge on any atom is 0.223 e. The van der Waals surface area contributed by atoms with E-state index in [4.69, 9.17) is 0 Å². The van der Waals surface area contributed by atoms with Crippen LogP contribution in [0.15, 0.2) is 35.9 Å². The number of carbonyl (C=O) groups is 1. The van der Waals surface area contributed by atoms with E-state index < -0.39 is 0 Å². The van der Waals surface area contributed by atoms with Crippen molar-refractivity contribution in [2.24, 2.45) is 0 Å². The first kappa shape index (κ1) is 16.8. The predicted molar refractivity (Wildman–Crippen MR) is 93.6 cm³/mol. The molecule has 0 N–H and O–H groups in total. The minimum atomic E-state index is 0.329. The molecule has 0 spiro atoms. The molecule has 120 valence electrons. The molecule has 0 aromatic heterocycles. The van der Waals surface area contributed by atoms with Crippen molar-refractivity contribution < 1.29 is 4.79 Å². The highest BCUT2D eigenvalue weighted by atomic mass is 16.2. The Hall–Kier alpha value is -1.57. The molecule has 0 saturated heterocycles. The molecule has 0 heterocycles. The van der Waals surface area contributed by atoms with Gasteiger partial charge in [0.05, 0.1) is 0 Å². The topological polar surface area (TPSA) is 20.3 Å². The van der Waals surface area contributed by atoms with Gasteiger partial charge in [0.1, 0.15) is 0 Å². The molecule has 1 aromatic carbocycles. The molecular formula is C20H29NO. The summed E-state index contributed by atoms with van der Waals surface area (Å²) in [7, 11) is 0. The van der Waals surface area contributed by atoms with Gasteiger partial charge < -0.3 is 4.90 Å². The van der Waals surface area contributed by atoms with Crippen LogP contribution in [0.5, 0.6) is 0 Å². The van der Waals surface area contributed by atoms with E-state index >= 15 is 0 Å². The number of rotatable bonds is 6. The maximum atomic E-state index is 12.5. The summed E-state index contributed by atoms with van der Waals surface area (Å²) >= 11 is 0. The van der Waals surface area contributed by atoms with E-state index in [1.807, 2.05) is 6.07 Å². The van der Waals surface area contributed by atoms with Crippen molar-refractivity contribution in [3.05, 3.63) is 41.5 Å². The molecule has 1 amide bonds. The molecule has 2 nitrogen and oxygen atoms in total. The Balaban J connectivity index is 2.07. The minimum absolute atomic E-state index is 0.329. The fraction of sp³-hybridized carbons (Fsp3) is 0.550. The zero-order valence-corrected chi connectivity index (χ0v) is 14.1. The van der Waals surface area contributed by atoms with Gasteiger partial charge in [-0.1, -0.05) is 68.2 Å². The Morgan fingerprint density at radius 3 is 2.50 bits per heavy atom. The molecule has 1 aromatic rings. The highest BCUT2D eigenvalue weighted by molar-refractivity contribution is 5.77. The standard InChI is InChI=1S/C20H29NO/c1-3-10-20(22)21(19-13-8-5-9-14-19)16-17(2)15-18-11-6-4-7-12-18/h4,6-7,11-12,15,19H,3,5,8-10,13-14,16H2,1-2H3/b17-15+. The highest BCUT2D eigenvalue weighted by Gasteiger charge is 2.24. The SMILES string of the molecule is CCCC(=O)N(C/C(C)=C/c1ccccc1)C1CCCCC1. The molecule has 2 rings (SSSR count). The van der Waals surface area contributed by atoms with Crippen LogP contribution >= 0.6 is 0 Å². The largest absolute Gasteiger partial charge is 0.336 e. The Morgan fingerprint density at radius 2 is 1.86 bits per heavy atom. The fourth-order valence-corrected chi connectivity index (χ4v) is 3.32. The van der Waals surface area contributed by atoms with Gasteiger partial charge in [0.2, 0.25) is 5.91 Å². The lowest BCUT2D eigenvalue weighted by Crippen LogP contribution is -2.42. The third-order valence-electron chi connectivity index (χ3n) is 4.43. The zero-order chi connectivity index (χ0) is 15.8. The molecule has 22 heavy (non-hydrogen) atoms. The van der Waals surface area contributed by atoms with Crippen molar-refractivity contribution in [2.75, 3.05) is 6.54 Å². The molecule has 1 aliphatic carbocycles. The lowest BCUT2D eigenvalue weighted by atomic mass is 9.93.